The zero-order valence-corrected chi connectivity index (χ0v) is 24.6. The van der Waals surface area contributed by atoms with Gasteiger partial charge < -0.3 is 9.51 Å². The van der Waals surface area contributed by atoms with Crippen LogP contribution < -0.4 is 4.90 Å². The van der Waals surface area contributed by atoms with Gasteiger partial charge in [-0.25, -0.2) is 4.98 Å². The van der Waals surface area contributed by atoms with Crippen LogP contribution in [-0.4, -0.2) is 36.4 Å². The number of Topliss-reactive ketones (excluding diaryl/α,β-unsaturated/α-hetero) is 1. The highest BCUT2D eigenvalue weighted by molar-refractivity contribution is 9.10. The van der Waals surface area contributed by atoms with E-state index in [9.17, 15) is 14.7 Å². The van der Waals surface area contributed by atoms with Gasteiger partial charge in [0.2, 0.25) is 5.13 Å². The number of anilines is 1. The van der Waals surface area contributed by atoms with Gasteiger partial charge in [0.1, 0.15) is 11.3 Å². The van der Waals surface area contributed by atoms with Gasteiger partial charge in [-0.2, -0.15) is 0 Å². The highest BCUT2D eigenvalue weighted by Gasteiger charge is 2.48. The third-order valence-electron chi connectivity index (χ3n) is 6.75. The number of imidazole rings is 1. The number of pyridine rings is 1. The first kappa shape index (κ1) is 26.4. The van der Waals surface area contributed by atoms with Gasteiger partial charge in [-0.05, 0) is 48.7 Å². The molecule has 6 rings (SSSR count). The summed E-state index contributed by atoms with van der Waals surface area (Å²) in [4.78, 5) is 33.1. The number of hydrogen-bond acceptors (Lipinski definition) is 8. The minimum atomic E-state index is -0.904. The minimum Gasteiger partial charge on any atom is -0.505 e. The summed E-state index contributed by atoms with van der Waals surface area (Å²) in [6.07, 6.45) is 1.85. The van der Waals surface area contributed by atoms with Crippen molar-refractivity contribution in [1.82, 2.24) is 19.6 Å². The Labute approximate surface area is 246 Å². The fourth-order valence-corrected chi connectivity index (χ4v) is 6.83. The van der Waals surface area contributed by atoms with Crippen molar-refractivity contribution in [2.45, 2.75) is 30.0 Å². The minimum absolute atomic E-state index is 0.0369. The van der Waals surface area contributed by atoms with E-state index < -0.39 is 17.7 Å². The van der Waals surface area contributed by atoms with Gasteiger partial charge >= 0.3 is 5.91 Å². The second kappa shape index (κ2) is 10.6. The number of aryl methyl sites for hydroxylation is 2. The number of carbonyl (C=O) groups excluding carboxylic acids is 2. The van der Waals surface area contributed by atoms with Gasteiger partial charge in [0.15, 0.2) is 10.1 Å². The molecule has 1 saturated heterocycles. The summed E-state index contributed by atoms with van der Waals surface area (Å²) >= 11 is 6.19. The van der Waals surface area contributed by atoms with Crippen LogP contribution in [-0.2, 0) is 15.3 Å². The van der Waals surface area contributed by atoms with E-state index in [0.29, 0.717) is 27.0 Å². The number of aliphatic hydroxyl groups excluding tert-OH is 1. The molecule has 3 aromatic heterocycles. The monoisotopic (exact) mass is 631 g/mol. The number of rotatable bonds is 6. The molecule has 0 saturated carbocycles. The molecule has 1 unspecified atom stereocenters. The number of ketones is 1. The molecule has 5 aromatic rings. The van der Waals surface area contributed by atoms with Crippen molar-refractivity contribution < 1.29 is 14.7 Å². The number of fused-ring (bicyclic) bond motifs is 1. The Kier molecular flexibility index (Phi) is 7.03. The first-order valence-corrected chi connectivity index (χ1v) is 14.9. The highest BCUT2D eigenvalue weighted by atomic mass is 79.9. The topological polar surface area (TPSA) is 101 Å². The molecule has 0 aliphatic carbocycles. The highest BCUT2D eigenvalue weighted by Crippen LogP contribution is 2.44. The van der Waals surface area contributed by atoms with Crippen LogP contribution in [0.5, 0.6) is 0 Å². The van der Waals surface area contributed by atoms with E-state index >= 15 is 0 Å². The summed E-state index contributed by atoms with van der Waals surface area (Å²) in [6, 6.07) is 20.2. The van der Waals surface area contributed by atoms with Crippen LogP contribution in [0.15, 0.2) is 87.3 Å². The molecule has 4 heterocycles. The molecule has 11 heteroatoms. The summed E-state index contributed by atoms with van der Waals surface area (Å²) in [5.41, 5.74) is 4.25. The van der Waals surface area contributed by atoms with Gasteiger partial charge in [0, 0.05) is 16.4 Å². The van der Waals surface area contributed by atoms with Crippen LogP contribution in [0.1, 0.15) is 34.1 Å². The Balaban J connectivity index is 1.45. The van der Waals surface area contributed by atoms with E-state index in [1.165, 1.54) is 28.0 Å². The maximum absolute atomic E-state index is 13.6. The van der Waals surface area contributed by atoms with Crippen molar-refractivity contribution in [2.75, 3.05) is 4.90 Å². The summed E-state index contributed by atoms with van der Waals surface area (Å²) < 4.78 is 3.37. The lowest BCUT2D eigenvalue weighted by Gasteiger charge is -2.22. The third kappa shape index (κ3) is 4.63. The van der Waals surface area contributed by atoms with Gasteiger partial charge in [0.25, 0.3) is 5.78 Å². The summed E-state index contributed by atoms with van der Waals surface area (Å²) in [7, 11) is 0. The van der Waals surface area contributed by atoms with Crippen LogP contribution in [0.2, 0.25) is 0 Å². The number of aromatic nitrogens is 4. The first-order chi connectivity index (χ1) is 19.3. The summed E-state index contributed by atoms with van der Waals surface area (Å²) in [5.74, 6) is -1.20. The van der Waals surface area contributed by atoms with Crippen LogP contribution in [0.4, 0.5) is 5.13 Å². The van der Waals surface area contributed by atoms with Crippen molar-refractivity contribution in [2.24, 2.45) is 0 Å². The number of halogens is 1. The maximum atomic E-state index is 13.6. The number of aliphatic hydroxyl groups is 1. The average molecular weight is 633 g/mol. The largest absolute Gasteiger partial charge is 0.505 e. The Morgan fingerprint density at radius 1 is 1.02 bits per heavy atom. The molecule has 8 nitrogen and oxygen atoms in total. The Bertz CT molecular complexity index is 1800. The zero-order chi connectivity index (χ0) is 28.0. The number of amides is 1. The molecule has 200 valence electrons. The van der Waals surface area contributed by atoms with Crippen molar-refractivity contribution in [3.63, 3.8) is 0 Å². The van der Waals surface area contributed by atoms with E-state index in [-0.39, 0.29) is 22.2 Å². The molecule has 1 atom stereocenters. The predicted molar refractivity (Wildman–Crippen MR) is 160 cm³/mol. The van der Waals surface area contributed by atoms with Crippen LogP contribution >= 0.6 is 39.0 Å². The van der Waals surface area contributed by atoms with Crippen molar-refractivity contribution >= 4 is 67.3 Å². The molecule has 40 heavy (non-hydrogen) atoms. The lowest BCUT2D eigenvalue weighted by Crippen LogP contribution is -2.29. The standard InChI is InChI=1S/C29H22BrN5O3S2/c1-16-7-6-14-34-17(2)22(31-26(16)34)24(36)21-23(19-10-12-20(30)13-11-19)35(27(38)25(21)37)28-32-33-29(40-28)39-15-18-8-4-3-5-9-18/h3-14,23,36H,15H2,1-2H3. The average Bonchev–Trinajstić information content (AvgIpc) is 3.64. The van der Waals surface area contributed by atoms with E-state index in [2.05, 4.69) is 31.1 Å². The molecule has 1 aliphatic heterocycles. The van der Waals surface area contributed by atoms with Gasteiger partial charge in [-0.15, -0.1) is 10.2 Å². The molecule has 1 N–H and O–H groups in total. The Morgan fingerprint density at radius 3 is 2.50 bits per heavy atom. The first-order valence-electron chi connectivity index (χ1n) is 12.3. The fourth-order valence-electron chi connectivity index (χ4n) is 4.74. The number of thioether (sulfide) groups is 1. The van der Waals surface area contributed by atoms with Crippen molar-refractivity contribution in [3.05, 3.63) is 111 Å². The lowest BCUT2D eigenvalue weighted by molar-refractivity contribution is -0.132. The van der Waals surface area contributed by atoms with Crippen LogP contribution in [0.25, 0.3) is 11.4 Å². The molecule has 0 spiro atoms. The smallest absolute Gasteiger partial charge is 0.301 e. The summed E-state index contributed by atoms with van der Waals surface area (Å²) in [5, 5.41) is 20.5. The quantitative estimate of drug-likeness (QED) is 0.0752. The molecule has 2 aromatic carbocycles. The third-order valence-corrected chi connectivity index (χ3v) is 9.40. The molecule has 1 aliphatic rings. The fraction of sp³-hybridized carbons (Fsp3) is 0.138. The SMILES string of the molecule is Cc1cccn2c(C)c(C(O)=C3C(=O)C(=O)N(c4nnc(SCc5ccccc5)s4)C3c3ccc(Br)cc3)nc12. The van der Waals surface area contributed by atoms with E-state index in [4.69, 9.17) is 0 Å². The van der Waals surface area contributed by atoms with Crippen molar-refractivity contribution in [1.29, 1.82) is 0 Å². The normalized spacial score (nSPS) is 16.8. The van der Waals surface area contributed by atoms with Gasteiger partial charge in [0.05, 0.1) is 17.3 Å². The van der Waals surface area contributed by atoms with E-state index in [1.807, 2.05) is 91.2 Å². The second-order valence-electron chi connectivity index (χ2n) is 9.28. The Morgan fingerprint density at radius 2 is 1.77 bits per heavy atom. The zero-order valence-electron chi connectivity index (χ0n) is 21.4. The summed E-state index contributed by atoms with van der Waals surface area (Å²) in [6.45, 7) is 3.75. The van der Waals surface area contributed by atoms with Crippen LogP contribution in [0, 0.1) is 13.8 Å². The predicted octanol–water partition coefficient (Wildman–Crippen LogP) is 6.48. The molecule has 1 amide bonds. The number of nitrogens with zero attached hydrogens (tertiary/aromatic N) is 5. The van der Waals surface area contributed by atoms with Gasteiger partial charge in [-0.1, -0.05) is 87.6 Å². The molecule has 0 radical (unpaired) electrons. The number of benzene rings is 2. The van der Waals surface area contributed by atoms with Gasteiger partial charge in [-0.3, -0.25) is 14.5 Å². The second-order valence-corrected chi connectivity index (χ2v) is 12.4. The number of hydrogen-bond donors (Lipinski definition) is 1. The molecular formula is C29H22BrN5O3S2. The molecule has 1 fully saturated rings. The molecule has 0 bridgehead atoms. The lowest BCUT2D eigenvalue weighted by atomic mass is 9.96. The van der Waals surface area contributed by atoms with Crippen LogP contribution in [0.3, 0.4) is 0 Å². The molecular weight excluding hydrogens is 610 g/mol. The maximum Gasteiger partial charge on any atom is 0.301 e. The van der Waals surface area contributed by atoms with E-state index in [1.54, 1.807) is 0 Å². The van der Waals surface area contributed by atoms with Crippen molar-refractivity contribution in [3.8, 4) is 0 Å². The Hall–Kier alpha value is -3.80. The number of carbonyl (C=O) groups is 2. The van der Waals surface area contributed by atoms with E-state index in [0.717, 1.165) is 15.6 Å².